The van der Waals surface area contributed by atoms with E-state index < -0.39 is 28.3 Å². The lowest BCUT2D eigenvalue weighted by Crippen LogP contribution is -2.63. The Bertz CT molecular complexity index is 1180. The molecule has 0 saturated heterocycles. The van der Waals surface area contributed by atoms with Gasteiger partial charge in [0.25, 0.3) is 0 Å². The highest BCUT2D eigenvalue weighted by atomic mass is 16.3. The molecule has 0 heterocycles. The van der Waals surface area contributed by atoms with E-state index in [1.165, 1.54) is 11.1 Å². The molecule has 0 aromatic heterocycles. The molecule has 4 heteroatoms. The molecule has 0 amide bonds. The van der Waals surface area contributed by atoms with E-state index in [9.17, 15) is 19.5 Å². The van der Waals surface area contributed by atoms with Crippen LogP contribution in [0, 0.1) is 22.7 Å². The van der Waals surface area contributed by atoms with Gasteiger partial charge in [0.1, 0.15) is 11.3 Å². The van der Waals surface area contributed by atoms with Crippen LogP contribution in [0.25, 0.3) is 5.76 Å². The van der Waals surface area contributed by atoms with Crippen molar-refractivity contribution in [2.75, 3.05) is 0 Å². The summed E-state index contributed by atoms with van der Waals surface area (Å²) in [6, 6.07) is 8.70. The van der Waals surface area contributed by atoms with Crippen LogP contribution in [0.3, 0.4) is 0 Å². The number of allylic oxidation sites excluding steroid dienone is 7. The Balaban J connectivity index is 2.27. The number of carbonyl (C=O) groups excluding carboxylic acids is 3. The van der Waals surface area contributed by atoms with Crippen molar-refractivity contribution in [1.29, 1.82) is 0 Å². The number of benzene rings is 1. The number of rotatable bonds is 8. The van der Waals surface area contributed by atoms with Crippen molar-refractivity contribution in [2.45, 2.75) is 80.6 Å². The number of ketones is 3. The van der Waals surface area contributed by atoms with E-state index in [-0.39, 0.29) is 29.5 Å². The zero-order valence-corrected chi connectivity index (χ0v) is 23.5. The quantitative estimate of drug-likeness (QED) is 0.130. The lowest BCUT2D eigenvalue weighted by molar-refractivity contribution is -0.163. The second-order valence-electron chi connectivity index (χ2n) is 11.9. The monoisotopic (exact) mass is 502 g/mol. The van der Waals surface area contributed by atoms with Crippen LogP contribution in [0.15, 0.2) is 70.9 Å². The van der Waals surface area contributed by atoms with Gasteiger partial charge in [-0.3, -0.25) is 14.4 Å². The molecule has 1 aromatic carbocycles. The predicted molar refractivity (Wildman–Crippen MR) is 150 cm³/mol. The molecule has 198 valence electrons. The van der Waals surface area contributed by atoms with Crippen molar-refractivity contribution >= 4 is 23.1 Å². The van der Waals surface area contributed by atoms with Gasteiger partial charge in [-0.15, -0.1) is 0 Å². The van der Waals surface area contributed by atoms with E-state index in [0.717, 1.165) is 12.0 Å². The van der Waals surface area contributed by atoms with Gasteiger partial charge in [0.2, 0.25) is 0 Å². The Labute approximate surface area is 222 Å². The fraction of sp³-hybridized carbons (Fsp3) is 0.485. The van der Waals surface area contributed by atoms with E-state index in [1.54, 1.807) is 24.3 Å². The van der Waals surface area contributed by atoms with E-state index in [0.29, 0.717) is 24.8 Å². The predicted octanol–water partition coefficient (Wildman–Crippen LogP) is 7.76. The van der Waals surface area contributed by atoms with Gasteiger partial charge < -0.3 is 5.11 Å². The summed E-state index contributed by atoms with van der Waals surface area (Å²) in [7, 11) is 0. The number of hydrogen-bond donors (Lipinski definition) is 1. The Kier molecular flexibility index (Phi) is 8.62. The van der Waals surface area contributed by atoms with E-state index in [1.807, 2.05) is 60.6 Å². The lowest BCUT2D eigenvalue weighted by Gasteiger charge is -2.55. The summed E-state index contributed by atoms with van der Waals surface area (Å²) in [5, 5.41) is 11.3. The number of aliphatic hydroxyl groups is 1. The number of Topliss-reactive ketones (excluding diaryl/α,β-unsaturated/α-hetero) is 3. The molecule has 2 bridgehead atoms. The van der Waals surface area contributed by atoms with Crippen molar-refractivity contribution in [3.05, 3.63) is 76.4 Å². The summed E-state index contributed by atoms with van der Waals surface area (Å²) in [6.07, 6.45) is 8.98. The zero-order valence-electron chi connectivity index (χ0n) is 23.5. The van der Waals surface area contributed by atoms with Crippen LogP contribution in [0.5, 0.6) is 0 Å². The van der Waals surface area contributed by atoms with E-state index in [2.05, 4.69) is 12.2 Å². The first-order valence-electron chi connectivity index (χ1n) is 13.4. The molecular weight excluding hydrogens is 460 g/mol. The number of carbonyl (C=O) groups is 3. The Morgan fingerprint density at radius 2 is 1.51 bits per heavy atom. The molecule has 1 aromatic rings. The summed E-state index contributed by atoms with van der Waals surface area (Å²) >= 11 is 0. The normalized spacial score (nSPS) is 28.5. The summed E-state index contributed by atoms with van der Waals surface area (Å²) in [5.74, 6) is -2.61. The van der Waals surface area contributed by atoms with Crippen LogP contribution in [-0.2, 0) is 14.4 Å². The number of aliphatic hydroxyl groups excluding tert-OH is 1. The minimum absolute atomic E-state index is 0.0189. The molecule has 2 aliphatic carbocycles. The molecule has 1 N–H and O–H groups in total. The van der Waals surface area contributed by atoms with Gasteiger partial charge in [0.05, 0.1) is 11.3 Å². The van der Waals surface area contributed by atoms with Crippen molar-refractivity contribution in [3.63, 3.8) is 0 Å². The average Bonchev–Trinajstić information content (AvgIpc) is 2.82. The van der Waals surface area contributed by atoms with Crippen molar-refractivity contribution in [1.82, 2.24) is 0 Å². The molecule has 0 spiro atoms. The molecule has 0 radical (unpaired) electrons. The molecular formula is C33H42O4. The maximum atomic E-state index is 14.3. The smallest absolute Gasteiger partial charge is 0.184 e. The van der Waals surface area contributed by atoms with E-state index in [4.69, 9.17) is 0 Å². The van der Waals surface area contributed by atoms with Crippen LogP contribution in [-0.4, -0.2) is 22.5 Å². The average molecular weight is 503 g/mol. The topological polar surface area (TPSA) is 71.4 Å². The Morgan fingerprint density at radius 1 is 0.919 bits per heavy atom. The first-order chi connectivity index (χ1) is 17.3. The molecule has 2 fully saturated rings. The maximum absolute atomic E-state index is 14.3. The molecule has 2 aliphatic rings. The third-order valence-electron chi connectivity index (χ3n) is 8.28. The SMILES string of the molecule is CC(C)=CCC[C@]1(C)[C@@H](CC=C(C)C)C[C@]2(CC=C(C)C)C(=O)C(=C(O)c3ccccc3)C(=O)[C@H]1C2=O. The lowest BCUT2D eigenvalue weighted by atomic mass is 9.44. The highest BCUT2D eigenvalue weighted by Gasteiger charge is 2.67. The summed E-state index contributed by atoms with van der Waals surface area (Å²) in [5.41, 5.74) is 1.61. The second kappa shape index (κ2) is 11.2. The minimum atomic E-state index is -1.34. The molecule has 0 unspecified atom stereocenters. The second-order valence-corrected chi connectivity index (χ2v) is 11.9. The molecule has 2 saturated carbocycles. The van der Waals surface area contributed by atoms with Gasteiger partial charge >= 0.3 is 0 Å². The van der Waals surface area contributed by atoms with Gasteiger partial charge in [-0.2, -0.15) is 0 Å². The van der Waals surface area contributed by atoms with Crippen LogP contribution < -0.4 is 0 Å². The third-order valence-corrected chi connectivity index (χ3v) is 8.28. The first kappa shape index (κ1) is 28.6. The van der Waals surface area contributed by atoms with Gasteiger partial charge in [0, 0.05) is 5.56 Å². The van der Waals surface area contributed by atoms with Crippen LogP contribution in [0.4, 0.5) is 0 Å². The third kappa shape index (κ3) is 5.49. The first-order valence-corrected chi connectivity index (χ1v) is 13.4. The number of hydrogen-bond acceptors (Lipinski definition) is 4. The zero-order chi connectivity index (χ0) is 27.5. The van der Waals surface area contributed by atoms with E-state index >= 15 is 0 Å². The van der Waals surface area contributed by atoms with Crippen LogP contribution in [0.2, 0.25) is 0 Å². The van der Waals surface area contributed by atoms with Gasteiger partial charge in [-0.05, 0) is 85.0 Å². The molecule has 3 rings (SSSR count). The molecule has 37 heavy (non-hydrogen) atoms. The summed E-state index contributed by atoms with van der Waals surface area (Å²) in [4.78, 5) is 42.6. The van der Waals surface area contributed by atoms with Gasteiger partial charge in [-0.25, -0.2) is 0 Å². The summed E-state index contributed by atoms with van der Waals surface area (Å²) < 4.78 is 0. The highest BCUT2D eigenvalue weighted by molar-refractivity contribution is 6.39. The van der Waals surface area contributed by atoms with Crippen molar-refractivity contribution < 1.29 is 19.5 Å². The van der Waals surface area contributed by atoms with Crippen LogP contribution in [0.1, 0.15) is 86.1 Å². The Morgan fingerprint density at radius 3 is 2.08 bits per heavy atom. The van der Waals surface area contributed by atoms with Gasteiger partial charge in [0.15, 0.2) is 17.3 Å². The fourth-order valence-electron chi connectivity index (χ4n) is 6.05. The highest BCUT2D eigenvalue weighted by Crippen LogP contribution is 2.60. The number of fused-ring (bicyclic) bond motifs is 2. The fourth-order valence-corrected chi connectivity index (χ4v) is 6.05. The Hall–Kier alpha value is -3.01. The van der Waals surface area contributed by atoms with Gasteiger partial charge in [-0.1, -0.05) is 72.2 Å². The minimum Gasteiger partial charge on any atom is -0.506 e. The summed E-state index contributed by atoms with van der Waals surface area (Å²) in [6.45, 7) is 14.1. The van der Waals surface area contributed by atoms with Crippen LogP contribution >= 0.6 is 0 Å². The molecule has 4 atom stereocenters. The standard InChI is InChI=1S/C33H42O4/c1-21(2)12-11-18-32(7)25(16-15-22(3)4)20-33(19-17-23(5)6)30(36)26(29(35)27(32)31(33)37)28(34)24-13-9-8-10-14-24/h8-10,12-15,17,25,27,34H,11,16,18-20H2,1-7H3/t25-,27-,32+,33+/m0/s1. The van der Waals surface area contributed by atoms with Crippen molar-refractivity contribution in [2.24, 2.45) is 22.7 Å². The molecule has 0 aliphatic heterocycles. The largest absolute Gasteiger partial charge is 0.506 e. The van der Waals surface area contributed by atoms with Crippen molar-refractivity contribution in [3.8, 4) is 0 Å². The molecule has 4 nitrogen and oxygen atoms in total. The maximum Gasteiger partial charge on any atom is 0.184 e.